The molecule has 2 aromatic rings. The molecule has 2 heterocycles. The molecule has 2 rings (SSSR count). The third-order valence-electron chi connectivity index (χ3n) is 2.21. The van der Waals surface area contributed by atoms with Crippen LogP contribution in [0.3, 0.4) is 0 Å². The van der Waals surface area contributed by atoms with E-state index in [-0.39, 0.29) is 0 Å². The van der Waals surface area contributed by atoms with E-state index in [1.165, 1.54) is 0 Å². The van der Waals surface area contributed by atoms with Gasteiger partial charge in [-0.1, -0.05) is 12.1 Å². The lowest BCUT2D eigenvalue weighted by atomic mass is 10.0. The van der Waals surface area contributed by atoms with E-state index in [9.17, 15) is 5.11 Å². The molecular formula is C12H12N2O. The first kappa shape index (κ1) is 9.80. The van der Waals surface area contributed by atoms with Gasteiger partial charge in [-0.25, -0.2) is 0 Å². The summed E-state index contributed by atoms with van der Waals surface area (Å²) in [6, 6.07) is 5.58. The van der Waals surface area contributed by atoms with Crippen LogP contribution in [0.25, 0.3) is 0 Å². The maximum atomic E-state index is 10.0. The van der Waals surface area contributed by atoms with E-state index < -0.39 is 6.10 Å². The number of hydrogen-bond donors (Lipinski definition) is 1. The van der Waals surface area contributed by atoms with Gasteiger partial charge in [-0.3, -0.25) is 9.97 Å². The lowest BCUT2D eigenvalue weighted by Crippen LogP contribution is -2.00. The highest BCUT2D eigenvalue weighted by Crippen LogP contribution is 2.20. The fourth-order valence-corrected chi connectivity index (χ4v) is 1.46. The highest BCUT2D eigenvalue weighted by molar-refractivity contribution is 5.27. The summed E-state index contributed by atoms with van der Waals surface area (Å²) in [7, 11) is 0. The molecule has 15 heavy (non-hydrogen) atoms. The molecule has 0 saturated heterocycles. The first-order valence-electron chi connectivity index (χ1n) is 4.77. The van der Waals surface area contributed by atoms with Crippen LogP contribution in [-0.2, 0) is 0 Å². The van der Waals surface area contributed by atoms with Crippen molar-refractivity contribution >= 4 is 0 Å². The van der Waals surface area contributed by atoms with Gasteiger partial charge in [0.1, 0.15) is 6.10 Å². The summed E-state index contributed by atoms with van der Waals surface area (Å²) in [5.41, 5.74) is 2.61. The lowest BCUT2D eigenvalue weighted by molar-refractivity contribution is 0.219. The Morgan fingerprint density at radius 1 is 1.13 bits per heavy atom. The predicted molar refractivity (Wildman–Crippen MR) is 57.3 cm³/mol. The molecule has 76 valence electrons. The SMILES string of the molecule is Cc1cncc(C(O)c2cccnc2)c1. The maximum Gasteiger partial charge on any atom is 0.107 e. The summed E-state index contributed by atoms with van der Waals surface area (Å²) in [4.78, 5) is 8.02. The van der Waals surface area contributed by atoms with Gasteiger partial charge in [0, 0.05) is 35.9 Å². The van der Waals surface area contributed by atoms with E-state index in [0.29, 0.717) is 0 Å². The molecular weight excluding hydrogens is 188 g/mol. The van der Waals surface area contributed by atoms with E-state index in [1.54, 1.807) is 24.8 Å². The minimum absolute atomic E-state index is 0.647. The van der Waals surface area contributed by atoms with Gasteiger partial charge < -0.3 is 5.11 Å². The molecule has 3 heteroatoms. The largest absolute Gasteiger partial charge is 0.384 e. The molecule has 0 bridgehead atoms. The van der Waals surface area contributed by atoms with Crippen LogP contribution in [0.1, 0.15) is 22.8 Å². The van der Waals surface area contributed by atoms with Crippen LogP contribution in [0.5, 0.6) is 0 Å². The zero-order chi connectivity index (χ0) is 10.7. The minimum Gasteiger partial charge on any atom is -0.384 e. The van der Waals surface area contributed by atoms with Gasteiger partial charge in [0.05, 0.1) is 0 Å². The van der Waals surface area contributed by atoms with E-state index in [4.69, 9.17) is 0 Å². The smallest absolute Gasteiger partial charge is 0.107 e. The molecule has 2 aromatic heterocycles. The van der Waals surface area contributed by atoms with Crippen LogP contribution in [0, 0.1) is 6.92 Å². The van der Waals surface area contributed by atoms with Gasteiger partial charge in [0.25, 0.3) is 0 Å². The number of aliphatic hydroxyl groups is 1. The van der Waals surface area contributed by atoms with Crippen molar-refractivity contribution in [3.8, 4) is 0 Å². The summed E-state index contributed by atoms with van der Waals surface area (Å²) >= 11 is 0. The van der Waals surface area contributed by atoms with Gasteiger partial charge in [0.2, 0.25) is 0 Å². The zero-order valence-electron chi connectivity index (χ0n) is 8.46. The number of rotatable bonds is 2. The summed E-state index contributed by atoms with van der Waals surface area (Å²) in [6.45, 7) is 1.95. The predicted octanol–water partition coefficient (Wildman–Crippen LogP) is 1.87. The van der Waals surface area contributed by atoms with Crippen molar-refractivity contribution in [1.82, 2.24) is 9.97 Å². The summed E-state index contributed by atoms with van der Waals surface area (Å²) in [6.07, 6.45) is 6.13. The molecule has 1 N–H and O–H groups in total. The Morgan fingerprint density at radius 2 is 1.93 bits per heavy atom. The van der Waals surface area contributed by atoms with Crippen LogP contribution in [-0.4, -0.2) is 15.1 Å². The van der Waals surface area contributed by atoms with Gasteiger partial charge in [-0.15, -0.1) is 0 Å². The molecule has 1 atom stereocenters. The topological polar surface area (TPSA) is 46.0 Å². The monoisotopic (exact) mass is 200 g/mol. The van der Waals surface area contributed by atoms with Crippen molar-refractivity contribution in [1.29, 1.82) is 0 Å². The van der Waals surface area contributed by atoms with Crippen molar-refractivity contribution in [2.75, 3.05) is 0 Å². The van der Waals surface area contributed by atoms with Crippen molar-refractivity contribution in [2.24, 2.45) is 0 Å². The molecule has 0 aliphatic heterocycles. The highest BCUT2D eigenvalue weighted by atomic mass is 16.3. The lowest BCUT2D eigenvalue weighted by Gasteiger charge is -2.10. The number of aryl methyl sites for hydroxylation is 1. The average molecular weight is 200 g/mol. The average Bonchev–Trinajstić information content (AvgIpc) is 2.29. The van der Waals surface area contributed by atoms with E-state index in [1.807, 2.05) is 25.1 Å². The second kappa shape index (κ2) is 4.19. The summed E-state index contributed by atoms with van der Waals surface area (Å²) in [5, 5.41) is 10.0. The Kier molecular flexibility index (Phi) is 2.74. The standard InChI is InChI=1S/C12H12N2O/c1-9-5-11(8-14-6-9)12(15)10-3-2-4-13-7-10/h2-8,12,15H,1H3. The summed E-state index contributed by atoms with van der Waals surface area (Å²) in [5.74, 6) is 0. The first-order chi connectivity index (χ1) is 7.27. The fourth-order valence-electron chi connectivity index (χ4n) is 1.46. The Morgan fingerprint density at radius 3 is 2.60 bits per heavy atom. The van der Waals surface area contributed by atoms with Crippen molar-refractivity contribution in [3.05, 3.63) is 59.7 Å². The molecule has 0 aromatic carbocycles. The van der Waals surface area contributed by atoms with Crippen LogP contribution >= 0.6 is 0 Å². The maximum absolute atomic E-state index is 10.0. The normalized spacial score (nSPS) is 12.4. The van der Waals surface area contributed by atoms with Gasteiger partial charge >= 0.3 is 0 Å². The van der Waals surface area contributed by atoms with Gasteiger partial charge in [-0.2, -0.15) is 0 Å². The molecule has 0 aliphatic rings. The highest BCUT2D eigenvalue weighted by Gasteiger charge is 2.10. The van der Waals surface area contributed by atoms with Crippen molar-refractivity contribution in [2.45, 2.75) is 13.0 Å². The van der Waals surface area contributed by atoms with E-state index in [0.717, 1.165) is 16.7 Å². The molecule has 0 radical (unpaired) electrons. The first-order valence-corrected chi connectivity index (χ1v) is 4.77. The third kappa shape index (κ3) is 2.19. The molecule has 1 unspecified atom stereocenters. The molecule has 0 fully saturated rings. The van der Waals surface area contributed by atoms with E-state index >= 15 is 0 Å². The van der Waals surface area contributed by atoms with Crippen LogP contribution in [0.15, 0.2) is 43.0 Å². The quantitative estimate of drug-likeness (QED) is 0.804. The Hall–Kier alpha value is -1.74. The fraction of sp³-hybridized carbons (Fsp3) is 0.167. The molecule has 0 amide bonds. The molecule has 0 aliphatic carbocycles. The van der Waals surface area contributed by atoms with Crippen LogP contribution in [0.4, 0.5) is 0 Å². The Bertz CT molecular complexity index is 442. The van der Waals surface area contributed by atoms with E-state index in [2.05, 4.69) is 9.97 Å². The van der Waals surface area contributed by atoms with Gasteiger partial charge in [-0.05, 0) is 18.6 Å². The second-order valence-corrected chi connectivity index (χ2v) is 3.48. The number of nitrogens with zero attached hydrogens (tertiary/aromatic N) is 2. The van der Waals surface area contributed by atoms with Crippen LogP contribution < -0.4 is 0 Å². The Balaban J connectivity index is 2.32. The van der Waals surface area contributed by atoms with Crippen LogP contribution in [0.2, 0.25) is 0 Å². The molecule has 0 saturated carbocycles. The second-order valence-electron chi connectivity index (χ2n) is 3.48. The Labute approximate surface area is 88.5 Å². The molecule has 0 spiro atoms. The molecule has 3 nitrogen and oxygen atoms in total. The number of aromatic nitrogens is 2. The number of aliphatic hydroxyl groups excluding tert-OH is 1. The number of hydrogen-bond acceptors (Lipinski definition) is 3. The van der Waals surface area contributed by atoms with Gasteiger partial charge in [0.15, 0.2) is 0 Å². The van der Waals surface area contributed by atoms with Crippen molar-refractivity contribution in [3.63, 3.8) is 0 Å². The zero-order valence-corrected chi connectivity index (χ0v) is 8.46. The minimum atomic E-state index is -0.647. The number of pyridine rings is 2. The summed E-state index contributed by atoms with van der Waals surface area (Å²) < 4.78 is 0. The third-order valence-corrected chi connectivity index (χ3v) is 2.21. The van der Waals surface area contributed by atoms with Crippen molar-refractivity contribution < 1.29 is 5.11 Å².